The lowest BCUT2D eigenvalue weighted by Crippen LogP contribution is -2.47. The Morgan fingerprint density at radius 2 is 2.10 bits per heavy atom. The van der Waals surface area contributed by atoms with Gasteiger partial charge in [-0.1, -0.05) is 36.3 Å². The lowest BCUT2D eigenvalue weighted by molar-refractivity contribution is -0.125. The number of hydrogen-bond acceptors (Lipinski definition) is 1. The molecule has 1 heterocycles. The van der Waals surface area contributed by atoms with Crippen LogP contribution in [0.15, 0.2) is 35.9 Å². The van der Waals surface area contributed by atoms with E-state index >= 15 is 0 Å². The van der Waals surface area contributed by atoms with Crippen LogP contribution >= 0.6 is 0 Å². The Labute approximate surface area is 120 Å². The molecular formula is C18H21NO. The van der Waals surface area contributed by atoms with E-state index in [0.717, 1.165) is 18.5 Å². The molecule has 0 unspecified atom stereocenters. The maximum Gasteiger partial charge on any atom is 0.238 e. The van der Waals surface area contributed by atoms with E-state index in [1.165, 1.54) is 31.2 Å². The molecular weight excluding hydrogens is 246 g/mol. The molecule has 2 atom stereocenters. The molecule has 2 heteroatoms. The lowest BCUT2D eigenvalue weighted by atomic mass is 9.59. The van der Waals surface area contributed by atoms with Crippen molar-refractivity contribution in [2.75, 3.05) is 11.9 Å². The van der Waals surface area contributed by atoms with Gasteiger partial charge in [0.2, 0.25) is 5.91 Å². The summed E-state index contributed by atoms with van der Waals surface area (Å²) in [5, 5.41) is 0. The Kier molecular flexibility index (Phi) is 2.57. The fraction of sp³-hybridized carbons (Fsp3) is 0.500. The molecule has 1 saturated carbocycles. The topological polar surface area (TPSA) is 20.3 Å². The predicted octanol–water partition coefficient (Wildman–Crippen LogP) is 3.81. The van der Waals surface area contributed by atoms with Gasteiger partial charge >= 0.3 is 0 Å². The van der Waals surface area contributed by atoms with Crippen molar-refractivity contribution < 1.29 is 4.79 Å². The summed E-state index contributed by atoms with van der Waals surface area (Å²) in [6.07, 6.45) is 9.41. The molecule has 104 valence electrons. The molecule has 0 aromatic heterocycles. The number of rotatable bonds is 0. The highest BCUT2D eigenvalue weighted by atomic mass is 16.2. The van der Waals surface area contributed by atoms with Gasteiger partial charge in [-0.25, -0.2) is 0 Å². The fourth-order valence-electron chi connectivity index (χ4n) is 4.75. The number of allylic oxidation sites excluding steroid dienone is 2. The van der Waals surface area contributed by atoms with E-state index in [-0.39, 0.29) is 5.41 Å². The Morgan fingerprint density at radius 1 is 1.25 bits per heavy atom. The number of fused-ring (bicyclic) bond motifs is 4. The lowest BCUT2D eigenvalue weighted by Gasteiger charge is -2.43. The summed E-state index contributed by atoms with van der Waals surface area (Å²) >= 11 is 0. The first-order valence-electron chi connectivity index (χ1n) is 7.82. The number of amides is 1. The molecule has 1 aliphatic heterocycles. The van der Waals surface area contributed by atoms with Crippen LogP contribution in [0.4, 0.5) is 5.69 Å². The first kappa shape index (κ1) is 12.2. The van der Waals surface area contributed by atoms with Gasteiger partial charge in [-0.3, -0.25) is 4.79 Å². The number of carbonyl (C=O) groups excluding carboxylic acids is 1. The highest BCUT2D eigenvalue weighted by molar-refractivity contribution is 6.08. The number of para-hydroxylation sites is 1. The van der Waals surface area contributed by atoms with Crippen molar-refractivity contribution >= 4 is 11.6 Å². The van der Waals surface area contributed by atoms with E-state index in [4.69, 9.17) is 0 Å². The molecule has 1 aromatic rings. The SMILES string of the molecule is CN1C(=O)[C@]2(CCC=C3CCCC[C@H]32)c2ccccc21. The van der Waals surface area contributed by atoms with E-state index in [2.05, 4.69) is 24.3 Å². The Hall–Kier alpha value is -1.57. The van der Waals surface area contributed by atoms with E-state index in [0.29, 0.717) is 11.8 Å². The van der Waals surface area contributed by atoms with Crippen LogP contribution in [-0.2, 0) is 10.2 Å². The molecule has 1 spiro atoms. The summed E-state index contributed by atoms with van der Waals surface area (Å²) < 4.78 is 0. The van der Waals surface area contributed by atoms with E-state index in [1.54, 1.807) is 5.57 Å². The number of nitrogens with zero attached hydrogens (tertiary/aromatic N) is 1. The maximum absolute atomic E-state index is 13.1. The summed E-state index contributed by atoms with van der Waals surface area (Å²) in [7, 11) is 1.94. The van der Waals surface area contributed by atoms with Gasteiger partial charge in [0, 0.05) is 12.7 Å². The van der Waals surface area contributed by atoms with Crippen LogP contribution in [0.1, 0.15) is 44.1 Å². The van der Waals surface area contributed by atoms with Crippen molar-refractivity contribution in [1.29, 1.82) is 0 Å². The molecule has 20 heavy (non-hydrogen) atoms. The zero-order valence-electron chi connectivity index (χ0n) is 12.1. The van der Waals surface area contributed by atoms with E-state index in [1.807, 2.05) is 18.0 Å². The van der Waals surface area contributed by atoms with Crippen LogP contribution in [0.5, 0.6) is 0 Å². The molecule has 3 aliphatic rings. The quantitative estimate of drug-likeness (QED) is 0.655. The number of anilines is 1. The van der Waals surface area contributed by atoms with E-state index in [9.17, 15) is 4.79 Å². The minimum atomic E-state index is -0.254. The summed E-state index contributed by atoms with van der Waals surface area (Å²) in [4.78, 5) is 15.0. The summed E-state index contributed by atoms with van der Waals surface area (Å²) in [6.45, 7) is 0. The van der Waals surface area contributed by atoms with Crippen molar-refractivity contribution in [1.82, 2.24) is 0 Å². The molecule has 1 aromatic carbocycles. The minimum absolute atomic E-state index is 0.254. The minimum Gasteiger partial charge on any atom is -0.314 e. The van der Waals surface area contributed by atoms with Gasteiger partial charge in [-0.2, -0.15) is 0 Å². The van der Waals surface area contributed by atoms with Crippen molar-refractivity contribution in [3.63, 3.8) is 0 Å². The number of hydrogen-bond donors (Lipinski definition) is 0. The molecule has 0 bridgehead atoms. The van der Waals surface area contributed by atoms with Crippen LogP contribution < -0.4 is 4.90 Å². The molecule has 1 amide bonds. The van der Waals surface area contributed by atoms with Crippen molar-refractivity contribution in [2.45, 2.75) is 43.9 Å². The summed E-state index contributed by atoms with van der Waals surface area (Å²) in [5.74, 6) is 0.778. The molecule has 0 radical (unpaired) electrons. The van der Waals surface area contributed by atoms with Crippen LogP contribution in [-0.4, -0.2) is 13.0 Å². The predicted molar refractivity (Wildman–Crippen MR) is 80.8 cm³/mol. The molecule has 0 N–H and O–H groups in total. The smallest absolute Gasteiger partial charge is 0.238 e. The average Bonchev–Trinajstić information content (AvgIpc) is 2.72. The number of benzene rings is 1. The van der Waals surface area contributed by atoms with Gasteiger partial charge in [0.15, 0.2) is 0 Å². The van der Waals surface area contributed by atoms with Gasteiger partial charge in [0.25, 0.3) is 0 Å². The van der Waals surface area contributed by atoms with Crippen LogP contribution in [0.25, 0.3) is 0 Å². The summed E-state index contributed by atoms with van der Waals surface area (Å²) in [5.41, 5.74) is 3.71. The Morgan fingerprint density at radius 3 is 3.00 bits per heavy atom. The second-order valence-corrected chi connectivity index (χ2v) is 6.47. The standard InChI is InChI=1S/C18H21NO/c1-19-16-11-5-4-10-15(16)18(17(19)20)12-6-8-13-7-2-3-9-14(13)18/h4-5,8,10-11,14H,2-3,6-7,9,12H2,1H3/t14-,18+/m1/s1. The normalized spacial score (nSPS) is 32.0. The van der Waals surface area contributed by atoms with Crippen LogP contribution in [0.2, 0.25) is 0 Å². The third-order valence-electron chi connectivity index (χ3n) is 5.63. The van der Waals surface area contributed by atoms with Gasteiger partial charge in [-0.15, -0.1) is 0 Å². The highest BCUT2D eigenvalue weighted by Gasteiger charge is 2.55. The van der Waals surface area contributed by atoms with Crippen LogP contribution in [0, 0.1) is 5.92 Å². The van der Waals surface area contributed by atoms with Crippen LogP contribution in [0.3, 0.4) is 0 Å². The zero-order chi connectivity index (χ0) is 13.7. The molecule has 2 nitrogen and oxygen atoms in total. The van der Waals surface area contributed by atoms with Crippen molar-refractivity contribution in [2.24, 2.45) is 5.92 Å². The first-order chi connectivity index (χ1) is 9.75. The van der Waals surface area contributed by atoms with Gasteiger partial charge in [-0.05, 0) is 49.7 Å². The van der Waals surface area contributed by atoms with Gasteiger partial charge < -0.3 is 4.90 Å². The molecule has 2 aliphatic carbocycles. The molecule has 0 saturated heterocycles. The largest absolute Gasteiger partial charge is 0.314 e. The number of likely N-dealkylation sites (N-methyl/N-ethyl adjacent to an activating group) is 1. The number of carbonyl (C=O) groups is 1. The average molecular weight is 267 g/mol. The van der Waals surface area contributed by atoms with Gasteiger partial charge in [0.05, 0.1) is 5.41 Å². The second kappa shape index (κ2) is 4.21. The zero-order valence-corrected chi connectivity index (χ0v) is 12.1. The monoisotopic (exact) mass is 267 g/mol. The van der Waals surface area contributed by atoms with Crippen molar-refractivity contribution in [3.05, 3.63) is 41.5 Å². The third kappa shape index (κ3) is 1.37. The maximum atomic E-state index is 13.1. The van der Waals surface area contributed by atoms with E-state index < -0.39 is 0 Å². The van der Waals surface area contributed by atoms with Crippen molar-refractivity contribution in [3.8, 4) is 0 Å². The Balaban J connectivity index is 1.92. The Bertz CT molecular complexity index is 603. The first-order valence-corrected chi connectivity index (χ1v) is 7.82. The third-order valence-corrected chi connectivity index (χ3v) is 5.63. The summed E-state index contributed by atoms with van der Waals surface area (Å²) in [6, 6.07) is 8.42. The molecule has 1 fully saturated rings. The fourth-order valence-corrected chi connectivity index (χ4v) is 4.75. The second-order valence-electron chi connectivity index (χ2n) is 6.47. The van der Waals surface area contributed by atoms with Gasteiger partial charge in [0.1, 0.15) is 0 Å². The highest BCUT2D eigenvalue weighted by Crippen LogP contribution is 2.55. The molecule has 4 rings (SSSR count).